The van der Waals surface area contributed by atoms with Crippen LogP contribution in [0.4, 0.5) is 0 Å². The van der Waals surface area contributed by atoms with Crippen molar-refractivity contribution in [2.75, 3.05) is 0 Å². The molecular formula is C8H7N. The largest absolute Gasteiger partial charge is 0.260 e. The third-order valence-corrected chi connectivity index (χ3v) is 1.50. The lowest BCUT2D eigenvalue weighted by molar-refractivity contribution is 1.28. The molecule has 0 bridgehead atoms. The molecule has 0 saturated carbocycles. The molecule has 0 aromatic carbocycles. The van der Waals surface area contributed by atoms with Crippen molar-refractivity contribution in [1.82, 2.24) is 0 Å². The minimum atomic E-state index is 0.983. The van der Waals surface area contributed by atoms with Gasteiger partial charge in [-0.15, -0.1) is 0 Å². The number of nitrogens with zero attached hydrogens (tertiary/aromatic N) is 1. The summed E-state index contributed by atoms with van der Waals surface area (Å²) < 4.78 is 0. The molecule has 0 fully saturated rings. The molecule has 0 aromatic heterocycles. The second-order valence-electron chi connectivity index (χ2n) is 2.12. The Kier molecular flexibility index (Phi) is 0.890. The summed E-state index contributed by atoms with van der Waals surface area (Å²) in [5.74, 6) is 0. The normalized spacial score (nSPS) is 21.3. The van der Waals surface area contributed by atoms with Crippen LogP contribution in [0.25, 0.3) is 0 Å². The average molecular weight is 117 g/mol. The predicted octanol–water partition coefficient (Wildman–Crippen LogP) is 1.84. The fraction of sp³-hybridized carbons (Fsp3) is 0.125. The molecular weight excluding hydrogens is 110 g/mol. The molecule has 0 amide bonds. The Balaban J connectivity index is 2.46. The van der Waals surface area contributed by atoms with Crippen LogP contribution < -0.4 is 0 Å². The highest BCUT2D eigenvalue weighted by molar-refractivity contribution is 5.68. The maximum atomic E-state index is 4.20. The summed E-state index contributed by atoms with van der Waals surface area (Å²) in [4.78, 5) is 4.20. The van der Waals surface area contributed by atoms with E-state index in [1.54, 1.807) is 0 Å². The number of hydrogen-bond donors (Lipinski definition) is 0. The van der Waals surface area contributed by atoms with Crippen molar-refractivity contribution in [2.45, 2.75) is 6.42 Å². The number of fused-ring (bicyclic) bond motifs is 1. The van der Waals surface area contributed by atoms with Gasteiger partial charge in [-0.25, -0.2) is 0 Å². The highest BCUT2D eigenvalue weighted by Gasteiger charge is 2.05. The summed E-state index contributed by atoms with van der Waals surface area (Å²) in [6.07, 6.45) is 11.2. The molecule has 0 unspecified atom stereocenters. The first kappa shape index (κ1) is 4.74. The molecule has 1 aliphatic carbocycles. The average Bonchev–Trinajstić information content (AvgIpc) is 2.33. The maximum absolute atomic E-state index is 4.20. The molecule has 1 nitrogen and oxygen atoms in total. The summed E-state index contributed by atoms with van der Waals surface area (Å²) >= 11 is 0. The van der Waals surface area contributed by atoms with Crippen molar-refractivity contribution in [3.8, 4) is 0 Å². The van der Waals surface area contributed by atoms with Crippen molar-refractivity contribution < 1.29 is 0 Å². The molecule has 0 aromatic rings. The minimum absolute atomic E-state index is 0.983. The monoisotopic (exact) mass is 117 g/mol. The van der Waals surface area contributed by atoms with Gasteiger partial charge in [-0.2, -0.15) is 0 Å². The standard InChI is InChI=1S/C8H7N/c1-3-7-4-2-6-9-8(7)5-1/h1,3-6H,2H2. The zero-order valence-corrected chi connectivity index (χ0v) is 5.04. The van der Waals surface area contributed by atoms with E-state index >= 15 is 0 Å². The summed E-state index contributed by atoms with van der Waals surface area (Å²) in [6.45, 7) is 0. The third kappa shape index (κ3) is 0.653. The van der Waals surface area contributed by atoms with E-state index in [0.29, 0.717) is 0 Å². The molecule has 0 radical (unpaired) electrons. The Morgan fingerprint density at radius 1 is 1.44 bits per heavy atom. The Bertz CT molecular complexity index is 241. The van der Waals surface area contributed by atoms with Crippen molar-refractivity contribution in [3.63, 3.8) is 0 Å². The molecule has 0 spiro atoms. The van der Waals surface area contributed by atoms with E-state index in [9.17, 15) is 0 Å². The van der Waals surface area contributed by atoms with Crippen molar-refractivity contribution in [1.29, 1.82) is 0 Å². The summed E-state index contributed by atoms with van der Waals surface area (Å²) in [5.41, 5.74) is 2.39. The van der Waals surface area contributed by atoms with E-state index in [2.05, 4.69) is 17.1 Å². The maximum Gasteiger partial charge on any atom is 0.0695 e. The molecule has 0 atom stereocenters. The Hall–Kier alpha value is -1.11. The van der Waals surface area contributed by atoms with E-state index in [1.165, 1.54) is 5.57 Å². The lowest BCUT2D eigenvalue weighted by atomic mass is 10.2. The van der Waals surface area contributed by atoms with Gasteiger partial charge in [0.2, 0.25) is 0 Å². The number of hydrogen-bond acceptors (Lipinski definition) is 1. The van der Waals surface area contributed by atoms with E-state index in [4.69, 9.17) is 0 Å². The van der Waals surface area contributed by atoms with E-state index in [0.717, 1.165) is 12.1 Å². The van der Waals surface area contributed by atoms with Gasteiger partial charge >= 0.3 is 0 Å². The Labute approximate surface area is 54.1 Å². The molecule has 9 heavy (non-hydrogen) atoms. The lowest BCUT2D eigenvalue weighted by Crippen LogP contribution is -1.87. The van der Waals surface area contributed by atoms with Crippen LogP contribution in [-0.2, 0) is 0 Å². The van der Waals surface area contributed by atoms with Crippen LogP contribution in [-0.4, -0.2) is 6.21 Å². The van der Waals surface area contributed by atoms with Crippen LogP contribution in [0.5, 0.6) is 0 Å². The zero-order valence-electron chi connectivity index (χ0n) is 5.04. The van der Waals surface area contributed by atoms with Gasteiger partial charge in [0.1, 0.15) is 0 Å². The van der Waals surface area contributed by atoms with Crippen LogP contribution in [0.3, 0.4) is 0 Å². The molecule has 2 aliphatic rings. The fourth-order valence-corrected chi connectivity index (χ4v) is 1.05. The van der Waals surface area contributed by atoms with Crippen LogP contribution in [0, 0.1) is 0 Å². The first-order valence-corrected chi connectivity index (χ1v) is 3.08. The second-order valence-corrected chi connectivity index (χ2v) is 2.12. The SMILES string of the molecule is C1=CC2=CCC=NC2=C1. The summed E-state index contributed by atoms with van der Waals surface area (Å²) in [5, 5.41) is 0. The van der Waals surface area contributed by atoms with Gasteiger partial charge < -0.3 is 0 Å². The molecule has 1 aliphatic heterocycles. The van der Waals surface area contributed by atoms with E-state index < -0.39 is 0 Å². The van der Waals surface area contributed by atoms with Crippen LogP contribution in [0.15, 0.2) is 40.6 Å². The van der Waals surface area contributed by atoms with Crippen molar-refractivity contribution >= 4 is 6.21 Å². The van der Waals surface area contributed by atoms with Crippen molar-refractivity contribution in [3.05, 3.63) is 35.6 Å². The first-order chi connectivity index (χ1) is 4.47. The molecule has 2 rings (SSSR count). The van der Waals surface area contributed by atoms with Gasteiger partial charge in [-0.3, -0.25) is 4.99 Å². The number of allylic oxidation sites excluding steroid dienone is 4. The van der Waals surface area contributed by atoms with Gasteiger partial charge in [0.25, 0.3) is 0 Å². The first-order valence-electron chi connectivity index (χ1n) is 3.08. The lowest BCUT2D eigenvalue weighted by Gasteiger charge is -2.01. The highest BCUT2D eigenvalue weighted by atomic mass is 14.7. The molecule has 1 heterocycles. The van der Waals surface area contributed by atoms with Crippen LogP contribution in [0.2, 0.25) is 0 Å². The zero-order chi connectivity index (χ0) is 6.10. The van der Waals surface area contributed by atoms with Crippen LogP contribution in [0.1, 0.15) is 6.42 Å². The molecule has 0 saturated heterocycles. The molecule has 1 heteroatoms. The predicted molar refractivity (Wildman–Crippen MR) is 38.4 cm³/mol. The summed E-state index contributed by atoms with van der Waals surface area (Å²) in [6, 6.07) is 0. The Morgan fingerprint density at radius 3 is 3.33 bits per heavy atom. The van der Waals surface area contributed by atoms with E-state index in [1.807, 2.05) is 18.4 Å². The number of dihydropyridines is 1. The van der Waals surface area contributed by atoms with Crippen LogP contribution >= 0.6 is 0 Å². The van der Waals surface area contributed by atoms with Gasteiger partial charge in [0.05, 0.1) is 5.70 Å². The smallest absolute Gasteiger partial charge is 0.0695 e. The minimum Gasteiger partial charge on any atom is -0.260 e. The van der Waals surface area contributed by atoms with Crippen molar-refractivity contribution in [2.24, 2.45) is 4.99 Å². The fourth-order valence-electron chi connectivity index (χ4n) is 1.05. The second kappa shape index (κ2) is 1.69. The number of rotatable bonds is 0. The quantitative estimate of drug-likeness (QED) is 0.459. The van der Waals surface area contributed by atoms with Gasteiger partial charge in [0, 0.05) is 12.6 Å². The topological polar surface area (TPSA) is 12.4 Å². The molecule has 0 N–H and O–H groups in total. The van der Waals surface area contributed by atoms with Gasteiger partial charge in [-0.05, 0) is 11.6 Å². The number of aliphatic imine (C=N–C) groups is 1. The van der Waals surface area contributed by atoms with Gasteiger partial charge in [0.15, 0.2) is 0 Å². The Morgan fingerprint density at radius 2 is 2.44 bits per heavy atom. The highest BCUT2D eigenvalue weighted by Crippen LogP contribution is 2.21. The molecule has 44 valence electrons. The van der Waals surface area contributed by atoms with E-state index in [-0.39, 0.29) is 0 Å². The van der Waals surface area contributed by atoms with Gasteiger partial charge in [-0.1, -0.05) is 18.2 Å². The third-order valence-electron chi connectivity index (χ3n) is 1.50. The summed E-state index contributed by atoms with van der Waals surface area (Å²) in [7, 11) is 0.